The van der Waals surface area contributed by atoms with Crippen molar-refractivity contribution in [3.05, 3.63) is 47.5 Å². The van der Waals surface area contributed by atoms with Crippen LogP contribution in [0.15, 0.2) is 36.4 Å². The van der Waals surface area contributed by atoms with E-state index in [9.17, 15) is 0 Å². The van der Waals surface area contributed by atoms with Gasteiger partial charge in [-0.1, -0.05) is 12.1 Å². The highest BCUT2D eigenvalue weighted by Gasteiger charge is 2.07. The van der Waals surface area contributed by atoms with Crippen molar-refractivity contribution in [2.75, 3.05) is 13.1 Å². The summed E-state index contributed by atoms with van der Waals surface area (Å²) >= 11 is 1.88. The first-order valence-electron chi connectivity index (χ1n) is 7.66. The van der Waals surface area contributed by atoms with Crippen LogP contribution >= 0.6 is 11.3 Å². The number of hydrogen-bond acceptors (Lipinski definition) is 3. The van der Waals surface area contributed by atoms with Crippen LogP contribution in [0.5, 0.6) is 0 Å². The zero-order valence-corrected chi connectivity index (χ0v) is 13.1. The van der Waals surface area contributed by atoms with Crippen LogP contribution in [0.2, 0.25) is 0 Å². The first-order valence-corrected chi connectivity index (χ1v) is 8.47. The van der Waals surface area contributed by atoms with Crippen molar-refractivity contribution < 1.29 is 0 Å². The van der Waals surface area contributed by atoms with Gasteiger partial charge < -0.3 is 11.5 Å². The predicted octanol–water partition coefficient (Wildman–Crippen LogP) is 3.84. The molecular weight excluding hydrogens is 276 g/mol. The third-order valence-corrected chi connectivity index (χ3v) is 5.09. The number of benzene rings is 2. The summed E-state index contributed by atoms with van der Waals surface area (Å²) in [5, 5.41) is 2.78. The average molecular weight is 298 g/mol. The number of thiophene rings is 1. The summed E-state index contributed by atoms with van der Waals surface area (Å²) in [6.07, 6.45) is 4.23. The Hall–Kier alpha value is -1.42. The van der Waals surface area contributed by atoms with Crippen LogP contribution in [0.3, 0.4) is 0 Å². The Balaban J connectivity index is 2.03. The minimum atomic E-state index is 0.756. The van der Waals surface area contributed by atoms with Crippen LogP contribution in [-0.2, 0) is 12.8 Å². The molecule has 0 atom stereocenters. The topological polar surface area (TPSA) is 52.0 Å². The maximum absolute atomic E-state index is 5.62. The second-order valence-corrected chi connectivity index (χ2v) is 6.63. The van der Waals surface area contributed by atoms with Crippen molar-refractivity contribution in [1.82, 2.24) is 0 Å². The summed E-state index contributed by atoms with van der Waals surface area (Å²) in [5.74, 6) is 0. The zero-order chi connectivity index (χ0) is 14.7. The third-order valence-electron chi connectivity index (χ3n) is 3.94. The van der Waals surface area contributed by atoms with E-state index in [4.69, 9.17) is 11.5 Å². The Bertz CT molecular complexity index is 683. The second kappa shape index (κ2) is 6.56. The van der Waals surface area contributed by atoms with Gasteiger partial charge >= 0.3 is 0 Å². The molecular formula is C18H22N2S. The molecule has 110 valence electrons. The molecule has 2 aromatic carbocycles. The molecule has 0 radical (unpaired) electrons. The summed E-state index contributed by atoms with van der Waals surface area (Å²) in [4.78, 5) is 0. The Morgan fingerprint density at radius 1 is 0.714 bits per heavy atom. The summed E-state index contributed by atoms with van der Waals surface area (Å²) in [6.45, 7) is 1.51. The van der Waals surface area contributed by atoms with Gasteiger partial charge in [-0.3, -0.25) is 0 Å². The lowest BCUT2D eigenvalue weighted by Crippen LogP contribution is -2.00. The fraction of sp³-hybridized carbons (Fsp3) is 0.333. The van der Waals surface area contributed by atoms with E-state index in [0.717, 1.165) is 38.8 Å². The van der Waals surface area contributed by atoms with Crippen LogP contribution in [0.4, 0.5) is 0 Å². The average Bonchev–Trinajstić information content (AvgIpc) is 2.88. The lowest BCUT2D eigenvalue weighted by molar-refractivity contribution is 0.833. The summed E-state index contributed by atoms with van der Waals surface area (Å²) < 4.78 is 2.75. The molecule has 0 aliphatic heterocycles. The van der Waals surface area contributed by atoms with Gasteiger partial charge in [-0.25, -0.2) is 0 Å². The predicted molar refractivity (Wildman–Crippen MR) is 94.1 cm³/mol. The van der Waals surface area contributed by atoms with Gasteiger partial charge in [0.25, 0.3) is 0 Å². The van der Waals surface area contributed by atoms with Gasteiger partial charge in [0.05, 0.1) is 0 Å². The largest absolute Gasteiger partial charge is 0.330 e. The molecule has 0 aliphatic carbocycles. The van der Waals surface area contributed by atoms with Crippen LogP contribution in [0.1, 0.15) is 24.0 Å². The van der Waals surface area contributed by atoms with Crippen molar-refractivity contribution >= 4 is 31.5 Å². The maximum atomic E-state index is 5.62. The van der Waals surface area contributed by atoms with Crippen molar-refractivity contribution in [3.63, 3.8) is 0 Å². The fourth-order valence-corrected chi connectivity index (χ4v) is 3.86. The standard InChI is InChI=1S/C18H22N2S/c19-9-1-3-13-5-7-17-15(11-13)16-12-14(4-2-10-20)6-8-18(16)21-17/h5-8,11-12H,1-4,9-10,19-20H2. The van der Waals surface area contributed by atoms with E-state index >= 15 is 0 Å². The van der Waals surface area contributed by atoms with Crippen molar-refractivity contribution in [2.45, 2.75) is 25.7 Å². The van der Waals surface area contributed by atoms with Gasteiger partial charge in [0.15, 0.2) is 0 Å². The minimum Gasteiger partial charge on any atom is -0.330 e. The molecule has 4 N–H and O–H groups in total. The number of fused-ring (bicyclic) bond motifs is 3. The van der Waals surface area contributed by atoms with Crippen molar-refractivity contribution in [1.29, 1.82) is 0 Å². The number of hydrogen-bond donors (Lipinski definition) is 2. The van der Waals surface area contributed by atoms with E-state index in [1.165, 1.54) is 31.3 Å². The van der Waals surface area contributed by atoms with E-state index < -0.39 is 0 Å². The zero-order valence-electron chi connectivity index (χ0n) is 12.3. The van der Waals surface area contributed by atoms with Crippen LogP contribution in [0, 0.1) is 0 Å². The molecule has 21 heavy (non-hydrogen) atoms. The summed E-state index contributed by atoms with van der Waals surface area (Å²) in [7, 11) is 0. The molecule has 3 rings (SSSR count). The number of nitrogens with two attached hydrogens (primary N) is 2. The molecule has 0 aliphatic rings. The Kier molecular flexibility index (Phi) is 4.54. The Morgan fingerprint density at radius 3 is 1.62 bits per heavy atom. The van der Waals surface area contributed by atoms with Crippen molar-refractivity contribution in [2.24, 2.45) is 11.5 Å². The highest BCUT2D eigenvalue weighted by Crippen LogP contribution is 2.35. The molecule has 0 bridgehead atoms. The SMILES string of the molecule is NCCCc1ccc2sc3ccc(CCCN)cc3c2c1. The van der Waals surface area contributed by atoms with Crippen molar-refractivity contribution in [3.8, 4) is 0 Å². The first-order chi connectivity index (χ1) is 10.3. The Morgan fingerprint density at radius 2 is 1.19 bits per heavy atom. The van der Waals surface area contributed by atoms with E-state index in [1.807, 2.05) is 11.3 Å². The van der Waals surface area contributed by atoms with Gasteiger partial charge in [0, 0.05) is 20.2 Å². The smallest absolute Gasteiger partial charge is 0.0355 e. The maximum Gasteiger partial charge on any atom is 0.0355 e. The molecule has 0 amide bonds. The van der Waals surface area contributed by atoms with Crippen LogP contribution in [0.25, 0.3) is 20.2 Å². The molecule has 0 spiro atoms. The van der Waals surface area contributed by atoms with Crippen LogP contribution in [-0.4, -0.2) is 13.1 Å². The molecule has 3 aromatic rings. The highest BCUT2D eigenvalue weighted by molar-refractivity contribution is 7.25. The molecule has 0 saturated heterocycles. The number of aryl methyl sites for hydroxylation is 2. The molecule has 1 heterocycles. The molecule has 0 fully saturated rings. The molecule has 0 saturated carbocycles. The molecule has 3 heteroatoms. The highest BCUT2D eigenvalue weighted by atomic mass is 32.1. The molecule has 2 nitrogen and oxygen atoms in total. The van der Waals surface area contributed by atoms with Crippen LogP contribution < -0.4 is 11.5 Å². The summed E-state index contributed by atoms with van der Waals surface area (Å²) in [6, 6.07) is 13.7. The molecule has 0 unspecified atom stereocenters. The van der Waals surface area contributed by atoms with E-state index in [0.29, 0.717) is 0 Å². The first kappa shape index (κ1) is 14.5. The van der Waals surface area contributed by atoms with E-state index in [2.05, 4.69) is 36.4 Å². The van der Waals surface area contributed by atoms with Gasteiger partial charge in [-0.2, -0.15) is 0 Å². The summed E-state index contributed by atoms with van der Waals surface area (Å²) in [5.41, 5.74) is 14.0. The Labute approximate surface area is 129 Å². The minimum absolute atomic E-state index is 0.756. The van der Waals surface area contributed by atoms with Gasteiger partial charge in [0.1, 0.15) is 0 Å². The lowest BCUT2D eigenvalue weighted by atomic mass is 10.0. The van der Waals surface area contributed by atoms with E-state index in [1.54, 1.807) is 0 Å². The van der Waals surface area contributed by atoms with Gasteiger partial charge in [0.2, 0.25) is 0 Å². The van der Waals surface area contributed by atoms with Gasteiger partial charge in [-0.05, 0) is 74.2 Å². The monoisotopic (exact) mass is 298 g/mol. The second-order valence-electron chi connectivity index (χ2n) is 5.55. The normalized spacial score (nSPS) is 11.5. The molecule has 1 aromatic heterocycles. The quantitative estimate of drug-likeness (QED) is 0.726. The lowest BCUT2D eigenvalue weighted by Gasteiger charge is -2.02. The van der Waals surface area contributed by atoms with Gasteiger partial charge in [-0.15, -0.1) is 11.3 Å². The number of rotatable bonds is 6. The van der Waals surface area contributed by atoms with E-state index in [-0.39, 0.29) is 0 Å². The fourth-order valence-electron chi connectivity index (χ4n) is 2.80. The third kappa shape index (κ3) is 3.10.